The average molecular weight is 209 g/mol. The highest BCUT2D eigenvalue weighted by Crippen LogP contribution is 2.21. The van der Waals surface area contributed by atoms with Gasteiger partial charge in [-0.15, -0.1) is 0 Å². The first-order valence-corrected chi connectivity index (χ1v) is 5.12. The van der Waals surface area contributed by atoms with E-state index >= 15 is 0 Å². The lowest BCUT2D eigenvalue weighted by atomic mass is 9.96. The van der Waals surface area contributed by atoms with Crippen LogP contribution >= 0.6 is 0 Å². The van der Waals surface area contributed by atoms with E-state index in [1.165, 1.54) is 0 Å². The van der Waals surface area contributed by atoms with Crippen molar-refractivity contribution < 1.29 is 4.74 Å². The molecule has 0 aliphatic rings. The Kier molecular flexibility index (Phi) is 4.17. The molecule has 1 aromatic rings. The maximum atomic E-state index is 6.03. The second-order valence-electron chi connectivity index (χ2n) is 4.28. The summed E-state index contributed by atoms with van der Waals surface area (Å²) in [7, 11) is 1.72. The van der Waals surface area contributed by atoms with Crippen LogP contribution in [-0.2, 0) is 4.74 Å². The number of rotatable bonds is 5. The predicted octanol–water partition coefficient (Wildman–Crippen LogP) is 1.68. The first-order valence-electron chi connectivity index (χ1n) is 5.12. The van der Waals surface area contributed by atoms with E-state index in [1.54, 1.807) is 19.5 Å². The molecule has 1 aromatic heterocycles. The van der Waals surface area contributed by atoms with Crippen molar-refractivity contribution >= 4 is 0 Å². The Morgan fingerprint density at radius 1 is 1.47 bits per heavy atom. The molecule has 0 aromatic carbocycles. The summed E-state index contributed by atoms with van der Waals surface area (Å²) < 4.78 is 5.34. The molecule has 84 valence electrons. The molecule has 1 unspecified atom stereocenters. The topological polar surface area (TPSA) is 61.0 Å². The van der Waals surface area contributed by atoms with E-state index < -0.39 is 0 Å². The third kappa shape index (κ3) is 3.93. The van der Waals surface area contributed by atoms with Crippen LogP contribution in [0.2, 0.25) is 0 Å². The molecule has 4 heteroatoms. The third-order valence-corrected chi connectivity index (χ3v) is 2.65. The Hall–Kier alpha value is -1.00. The fourth-order valence-electron chi connectivity index (χ4n) is 1.29. The summed E-state index contributed by atoms with van der Waals surface area (Å²) in [6.45, 7) is 4.12. The summed E-state index contributed by atoms with van der Waals surface area (Å²) in [6, 6.07) is 1.91. The predicted molar refractivity (Wildman–Crippen MR) is 59.3 cm³/mol. The number of nitrogens with two attached hydrogens (primary N) is 1. The summed E-state index contributed by atoms with van der Waals surface area (Å²) in [5.41, 5.74) is 6.95. The molecule has 1 heterocycles. The van der Waals surface area contributed by atoms with Gasteiger partial charge in [0, 0.05) is 19.3 Å². The quantitative estimate of drug-likeness (QED) is 0.801. The molecule has 1 rings (SSSR count). The maximum Gasteiger partial charge on any atom is 0.0623 e. The number of hydrogen-bond donors (Lipinski definition) is 1. The Morgan fingerprint density at radius 3 is 2.73 bits per heavy atom. The highest BCUT2D eigenvalue weighted by Gasteiger charge is 2.18. The van der Waals surface area contributed by atoms with E-state index in [2.05, 4.69) is 24.0 Å². The van der Waals surface area contributed by atoms with Crippen molar-refractivity contribution in [1.82, 2.24) is 10.2 Å². The van der Waals surface area contributed by atoms with Crippen LogP contribution in [0, 0.1) is 0 Å². The van der Waals surface area contributed by atoms with Crippen LogP contribution in [0.5, 0.6) is 0 Å². The number of methoxy groups -OCH3 is 1. The molecule has 0 amide bonds. The van der Waals surface area contributed by atoms with Gasteiger partial charge in [0.05, 0.1) is 11.8 Å². The standard InChI is InChI=1S/C11H19N3O/c1-11(2,15-3)6-4-10(12)9-5-7-13-14-8-9/h5,7-8,10H,4,6,12H2,1-3H3. The summed E-state index contributed by atoms with van der Waals surface area (Å²) >= 11 is 0. The van der Waals surface area contributed by atoms with Gasteiger partial charge >= 0.3 is 0 Å². The van der Waals surface area contributed by atoms with E-state index in [4.69, 9.17) is 10.5 Å². The van der Waals surface area contributed by atoms with Crippen LogP contribution in [0.4, 0.5) is 0 Å². The molecule has 0 saturated carbocycles. The van der Waals surface area contributed by atoms with Gasteiger partial charge in [-0.3, -0.25) is 0 Å². The van der Waals surface area contributed by atoms with E-state index in [-0.39, 0.29) is 11.6 Å². The molecule has 0 spiro atoms. The van der Waals surface area contributed by atoms with Crippen LogP contribution in [0.3, 0.4) is 0 Å². The smallest absolute Gasteiger partial charge is 0.0623 e. The molecule has 0 saturated heterocycles. The van der Waals surface area contributed by atoms with Crippen molar-refractivity contribution in [3.63, 3.8) is 0 Å². The van der Waals surface area contributed by atoms with Crippen molar-refractivity contribution in [2.45, 2.75) is 38.3 Å². The van der Waals surface area contributed by atoms with Crippen LogP contribution in [0.15, 0.2) is 18.5 Å². The van der Waals surface area contributed by atoms with Gasteiger partial charge in [0.25, 0.3) is 0 Å². The number of hydrogen-bond acceptors (Lipinski definition) is 4. The van der Waals surface area contributed by atoms with Crippen molar-refractivity contribution in [3.05, 3.63) is 24.0 Å². The Morgan fingerprint density at radius 2 is 2.20 bits per heavy atom. The van der Waals surface area contributed by atoms with Crippen LogP contribution in [-0.4, -0.2) is 22.9 Å². The van der Waals surface area contributed by atoms with Gasteiger partial charge in [0.1, 0.15) is 0 Å². The number of ether oxygens (including phenoxy) is 1. The zero-order valence-electron chi connectivity index (χ0n) is 9.60. The Labute approximate surface area is 90.8 Å². The summed E-state index contributed by atoms with van der Waals surface area (Å²) in [5, 5.41) is 7.53. The molecule has 0 aliphatic heterocycles. The van der Waals surface area contributed by atoms with Crippen LogP contribution in [0.25, 0.3) is 0 Å². The molecule has 4 nitrogen and oxygen atoms in total. The SMILES string of the molecule is COC(C)(C)CCC(N)c1ccnnc1. The second-order valence-corrected chi connectivity index (χ2v) is 4.28. The van der Waals surface area contributed by atoms with E-state index in [9.17, 15) is 0 Å². The highest BCUT2D eigenvalue weighted by atomic mass is 16.5. The van der Waals surface area contributed by atoms with E-state index in [1.807, 2.05) is 6.07 Å². The van der Waals surface area contributed by atoms with Crippen molar-refractivity contribution in [3.8, 4) is 0 Å². The van der Waals surface area contributed by atoms with Gasteiger partial charge in [-0.25, -0.2) is 0 Å². The molecular formula is C11H19N3O. The van der Waals surface area contributed by atoms with Gasteiger partial charge < -0.3 is 10.5 Å². The van der Waals surface area contributed by atoms with Gasteiger partial charge in [-0.1, -0.05) is 0 Å². The molecule has 0 bridgehead atoms. The summed E-state index contributed by atoms with van der Waals surface area (Å²) in [5.74, 6) is 0. The zero-order chi connectivity index (χ0) is 11.3. The van der Waals surface area contributed by atoms with Crippen molar-refractivity contribution in [2.75, 3.05) is 7.11 Å². The lowest BCUT2D eigenvalue weighted by Gasteiger charge is -2.24. The van der Waals surface area contributed by atoms with E-state index in [0.29, 0.717) is 0 Å². The minimum atomic E-state index is -0.113. The van der Waals surface area contributed by atoms with Crippen molar-refractivity contribution in [2.24, 2.45) is 5.73 Å². The average Bonchev–Trinajstić information content (AvgIpc) is 2.27. The monoisotopic (exact) mass is 209 g/mol. The molecule has 2 N–H and O–H groups in total. The van der Waals surface area contributed by atoms with Gasteiger partial charge in [0.15, 0.2) is 0 Å². The molecule has 15 heavy (non-hydrogen) atoms. The lowest BCUT2D eigenvalue weighted by molar-refractivity contribution is 0.0125. The molecular weight excluding hydrogens is 190 g/mol. The highest BCUT2D eigenvalue weighted by molar-refractivity contribution is 5.10. The fourth-order valence-corrected chi connectivity index (χ4v) is 1.29. The number of aromatic nitrogens is 2. The minimum Gasteiger partial charge on any atom is -0.379 e. The first-order chi connectivity index (χ1) is 7.05. The zero-order valence-corrected chi connectivity index (χ0v) is 9.60. The molecule has 1 atom stereocenters. The summed E-state index contributed by atoms with van der Waals surface area (Å²) in [6.07, 6.45) is 5.18. The molecule has 0 fully saturated rings. The van der Waals surface area contributed by atoms with Crippen LogP contribution < -0.4 is 5.73 Å². The normalized spacial score (nSPS) is 13.9. The van der Waals surface area contributed by atoms with Gasteiger partial charge in [-0.2, -0.15) is 10.2 Å². The van der Waals surface area contributed by atoms with Crippen LogP contribution in [0.1, 0.15) is 38.3 Å². The number of nitrogens with zero attached hydrogens (tertiary/aromatic N) is 2. The second kappa shape index (κ2) is 5.19. The molecule has 0 aliphatic carbocycles. The first kappa shape index (κ1) is 12.1. The third-order valence-electron chi connectivity index (χ3n) is 2.65. The van der Waals surface area contributed by atoms with Crippen molar-refractivity contribution in [1.29, 1.82) is 0 Å². The van der Waals surface area contributed by atoms with Gasteiger partial charge in [0.2, 0.25) is 0 Å². The minimum absolute atomic E-state index is 0.00919. The maximum absolute atomic E-state index is 6.03. The van der Waals surface area contributed by atoms with Gasteiger partial charge in [-0.05, 0) is 38.3 Å². The van der Waals surface area contributed by atoms with E-state index in [0.717, 1.165) is 18.4 Å². The Balaban J connectivity index is 2.47. The lowest BCUT2D eigenvalue weighted by Crippen LogP contribution is -2.24. The summed E-state index contributed by atoms with van der Waals surface area (Å²) in [4.78, 5) is 0. The fraction of sp³-hybridized carbons (Fsp3) is 0.636. The molecule has 0 radical (unpaired) electrons. The Bertz CT molecular complexity index is 287. The largest absolute Gasteiger partial charge is 0.379 e.